The zero-order valence-corrected chi connectivity index (χ0v) is 14.0. The topological polar surface area (TPSA) is 74.0 Å². The van der Waals surface area contributed by atoms with E-state index in [0.29, 0.717) is 31.6 Å². The molecule has 0 saturated carbocycles. The summed E-state index contributed by atoms with van der Waals surface area (Å²) in [5, 5.41) is 9.88. The minimum atomic E-state index is -0.505. The van der Waals surface area contributed by atoms with Crippen LogP contribution in [-0.4, -0.2) is 41.0 Å². The van der Waals surface area contributed by atoms with Gasteiger partial charge in [-0.3, -0.25) is 9.59 Å². The number of furan rings is 1. The van der Waals surface area contributed by atoms with Crippen LogP contribution in [0.3, 0.4) is 0 Å². The smallest absolute Gasteiger partial charge is 0.290 e. The van der Waals surface area contributed by atoms with Crippen LogP contribution in [0.15, 0.2) is 41.0 Å². The van der Waals surface area contributed by atoms with E-state index in [1.54, 1.807) is 15.9 Å². The largest absolute Gasteiger partial charge is 0.459 e. The third-order valence-corrected chi connectivity index (χ3v) is 5.05. The molecule has 0 aliphatic carbocycles. The van der Waals surface area contributed by atoms with E-state index in [2.05, 4.69) is 0 Å². The number of aliphatic hydroxyl groups excluding tert-OH is 1. The predicted molar refractivity (Wildman–Crippen MR) is 91.1 cm³/mol. The van der Waals surface area contributed by atoms with E-state index in [9.17, 15) is 14.7 Å². The molecule has 2 aliphatic rings. The molecule has 1 N–H and O–H groups in total. The average Bonchev–Trinajstić information content (AvgIpc) is 3.27. The third kappa shape index (κ3) is 2.72. The number of nitrogens with zero attached hydrogens (tertiary/aromatic N) is 2. The maximum atomic E-state index is 12.7. The lowest BCUT2D eigenvalue weighted by Gasteiger charge is -2.19. The van der Waals surface area contributed by atoms with Crippen LogP contribution in [0.25, 0.3) is 0 Å². The van der Waals surface area contributed by atoms with Crippen LogP contribution in [0.4, 0.5) is 5.69 Å². The van der Waals surface area contributed by atoms with Crippen molar-refractivity contribution in [1.29, 1.82) is 0 Å². The Morgan fingerprint density at radius 2 is 2.08 bits per heavy atom. The van der Waals surface area contributed by atoms with E-state index < -0.39 is 6.10 Å². The molecule has 0 unspecified atom stereocenters. The molecule has 0 spiro atoms. The maximum absolute atomic E-state index is 12.7. The Kier molecular flexibility index (Phi) is 3.84. The van der Waals surface area contributed by atoms with E-state index in [4.69, 9.17) is 4.42 Å². The lowest BCUT2D eigenvalue weighted by molar-refractivity contribution is -0.117. The molecule has 25 heavy (non-hydrogen) atoms. The molecule has 1 fully saturated rings. The Labute approximate surface area is 145 Å². The van der Waals surface area contributed by atoms with Crippen molar-refractivity contribution in [2.75, 3.05) is 18.0 Å². The van der Waals surface area contributed by atoms with Gasteiger partial charge in [0, 0.05) is 30.3 Å². The number of likely N-dealkylation sites (tertiary alicyclic amines) is 1. The fourth-order valence-corrected chi connectivity index (χ4v) is 3.57. The van der Waals surface area contributed by atoms with Crippen molar-refractivity contribution in [2.45, 2.75) is 26.0 Å². The zero-order valence-electron chi connectivity index (χ0n) is 14.0. The first-order valence-electron chi connectivity index (χ1n) is 8.46. The molecule has 4 rings (SSSR count). The van der Waals surface area contributed by atoms with Crippen molar-refractivity contribution in [3.05, 3.63) is 53.5 Å². The number of aliphatic hydroxyl groups is 1. The Bertz CT molecular complexity index is 818. The molecule has 6 nitrogen and oxygen atoms in total. The van der Waals surface area contributed by atoms with Gasteiger partial charge in [0.1, 0.15) is 0 Å². The van der Waals surface area contributed by atoms with Gasteiger partial charge in [0.05, 0.1) is 25.3 Å². The number of rotatable bonds is 3. The number of β-amino-alcohol motifs (C(OH)–C–C–N with tert-alkyl or cyclic N) is 1. The van der Waals surface area contributed by atoms with Crippen LogP contribution in [0, 0.1) is 5.92 Å². The molecule has 0 radical (unpaired) electrons. The van der Waals surface area contributed by atoms with E-state index >= 15 is 0 Å². The molecule has 0 bridgehead atoms. The molecule has 2 atom stereocenters. The van der Waals surface area contributed by atoms with Crippen LogP contribution in [0.5, 0.6) is 0 Å². The first kappa shape index (κ1) is 15.9. The number of hydrogen-bond donors (Lipinski definition) is 1. The normalized spacial score (nSPS) is 22.6. The third-order valence-electron chi connectivity index (χ3n) is 5.05. The standard InChI is InChI=1S/C19H20N2O4/c1-12-9-20(11-16(12)22)19(24)18-14(6-7-25-18)10-21-15-5-3-2-4-13(15)8-17(21)23/h2-7,12,16,22H,8-11H2,1H3/t12-,16-/m1/s1. The molecule has 2 aromatic rings. The number of carbonyl (C=O) groups is 2. The summed E-state index contributed by atoms with van der Waals surface area (Å²) in [6.45, 7) is 3.04. The molecule has 1 saturated heterocycles. The molecular formula is C19H20N2O4. The molecule has 2 aliphatic heterocycles. The first-order chi connectivity index (χ1) is 12.0. The number of amides is 2. The molecular weight excluding hydrogens is 320 g/mol. The highest BCUT2D eigenvalue weighted by atomic mass is 16.3. The molecule has 2 amide bonds. The van der Waals surface area contributed by atoms with E-state index in [0.717, 1.165) is 11.3 Å². The number of fused-ring (bicyclic) bond motifs is 1. The second kappa shape index (κ2) is 6.04. The van der Waals surface area contributed by atoms with Gasteiger partial charge in [-0.1, -0.05) is 25.1 Å². The van der Waals surface area contributed by atoms with Gasteiger partial charge < -0.3 is 19.3 Å². The monoisotopic (exact) mass is 340 g/mol. The van der Waals surface area contributed by atoms with Crippen molar-refractivity contribution in [3.63, 3.8) is 0 Å². The van der Waals surface area contributed by atoms with Crippen LogP contribution in [0.2, 0.25) is 0 Å². The van der Waals surface area contributed by atoms with Gasteiger partial charge in [0.25, 0.3) is 5.91 Å². The van der Waals surface area contributed by atoms with Gasteiger partial charge in [0.2, 0.25) is 5.91 Å². The van der Waals surface area contributed by atoms with E-state index in [1.165, 1.54) is 6.26 Å². The minimum absolute atomic E-state index is 0.0195. The van der Waals surface area contributed by atoms with E-state index in [1.807, 2.05) is 31.2 Å². The minimum Gasteiger partial charge on any atom is -0.459 e. The quantitative estimate of drug-likeness (QED) is 0.925. The van der Waals surface area contributed by atoms with Gasteiger partial charge in [-0.25, -0.2) is 0 Å². The van der Waals surface area contributed by atoms with Crippen LogP contribution in [-0.2, 0) is 17.8 Å². The number of hydrogen-bond acceptors (Lipinski definition) is 4. The molecule has 1 aromatic carbocycles. The number of carbonyl (C=O) groups excluding carboxylic acids is 2. The van der Waals surface area contributed by atoms with Crippen LogP contribution >= 0.6 is 0 Å². The van der Waals surface area contributed by atoms with Crippen molar-refractivity contribution in [2.24, 2.45) is 5.92 Å². The Morgan fingerprint density at radius 3 is 2.84 bits per heavy atom. The summed E-state index contributed by atoms with van der Waals surface area (Å²) >= 11 is 0. The van der Waals surface area contributed by atoms with Gasteiger partial charge >= 0.3 is 0 Å². The summed E-state index contributed by atoms with van der Waals surface area (Å²) in [7, 11) is 0. The fraction of sp³-hybridized carbons (Fsp3) is 0.368. The van der Waals surface area contributed by atoms with Gasteiger partial charge in [0.15, 0.2) is 5.76 Å². The van der Waals surface area contributed by atoms with Crippen molar-refractivity contribution < 1.29 is 19.1 Å². The molecule has 6 heteroatoms. The van der Waals surface area contributed by atoms with Gasteiger partial charge in [-0.05, 0) is 17.7 Å². The summed E-state index contributed by atoms with van der Waals surface area (Å²) in [6, 6.07) is 9.42. The summed E-state index contributed by atoms with van der Waals surface area (Å²) < 4.78 is 5.43. The zero-order chi connectivity index (χ0) is 17.6. The lowest BCUT2D eigenvalue weighted by atomic mass is 10.1. The highest BCUT2D eigenvalue weighted by Crippen LogP contribution is 2.31. The SMILES string of the molecule is C[C@@H]1CN(C(=O)c2occc2CN2C(=O)Cc3ccccc32)C[C@H]1O. The van der Waals surface area contributed by atoms with Gasteiger partial charge in [-0.2, -0.15) is 0 Å². The number of anilines is 1. The van der Waals surface area contributed by atoms with Crippen molar-refractivity contribution in [3.8, 4) is 0 Å². The highest BCUT2D eigenvalue weighted by molar-refractivity contribution is 6.01. The van der Waals surface area contributed by atoms with E-state index in [-0.39, 0.29) is 23.5 Å². The second-order valence-corrected chi connectivity index (χ2v) is 6.82. The summed E-state index contributed by atoms with van der Waals surface area (Å²) in [4.78, 5) is 28.4. The van der Waals surface area contributed by atoms with Crippen molar-refractivity contribution >= 4 is 17.5 Å². The van der Waals surface area contributed by atoms with Crippen LogP contribution in [0.1, 0.15) is 28.6 Å². The predicted octanol–water partition coefficient (Wildman–Crippen LogP) is 1.82. The highest BCUT2D eigenvalue weighted by Gasteiger charge is 2.34. The van der Waals surface area contributed by atoms with Gasteiger partial charge in [-0.15, -0.1) is 0 Å². The first-order valence-corrected chi connectivity index (χ1v) is 8.46. The molecule has 3 heterocycles. The van der Waals surface area contributed by atoms with Crippen molar-refractivity contribution in [1.82, 2.24) is 4.90 Å². The Balaban J connectivity index is 1.57. The lowest BCUT2D eigenvalue weighted by Crippen LogP contribution is -2.31. The average molecular weight is 340 g/mol. The number of benzene rings is 1. The fourth-order valence-electron chi connectivity index (χ4n) is 3.57. The molecule has 130 valence electrons. The summed E-state index contributed by atoms with van der Waals surface area (Å²) in [5.74, 6) is 0.0854. The molecule has 1 aromatic heterocycles. The summed E-state index contributed by atoms with van der Waals surface area (Å²) in [6.07, 6.45) is 1.35. The van der Waals surface area contributed by atoms with Crippen LogP contribution < -0.4 is 4.90 Å². The Morgan fingerprint density at radius 1 is 1.28 bits per heavy atom. The maximum Gasteiger partial charge on any atom is 0.290 e. The second-order valence-electron chi connectivity index (χ2n) is 6.82. The summed E-state index contributed by atoms with van der Waals surface area (Å²) in [5.41, 5.74) is 2.57. The Hall–Kier alpha value is -2.60. The number of para-hydroxylation sites is 1.